The first-order valence-corrected chi connectivity index (χ1v) is 25.9. The highest BCUT2D eigenvalue weighted by molar-refractivity contribution is 5.46. The Morgan fingerprint density at radius 2 is 0.708 bits per heavy atom. The predicted octanol–water partition coefficient (Wildman–Crippen LogP) is 18.2. The first-order chi connectivity index (χ1) is 31.8. The second-order valence-electron chi connectivity index (χ2n) is 19.7. The van der Waals surface area contributed by atoms with Gasteiger partial charge in [-0.15, -0.1) is 0 Å². The molecule has 0 radical (unpaired) electrons. The van der Waals surface area contributed by atoms with Gasteiger partial charge >= 0.3 is 0 Å². The lowest BCUT2D eigenvalue weighted by molar-refractivity contribution is -0.385. The Morgan fingerprint density at radius 1 is 0.415 bits per heavy atom. The van der Waals surface area contributed by atoms with E-state index in [1.54, 1.807) is 24.3 Å². The van der Waals surface area contributed by atoms with Crippen molar-refractivity contribution in [3.63, 3.8) is 0 Å². The Kier molecular flexibility index (Phi) is 20.7. The topological polar surface area (TPSA) is 105 Å². The minimum atomic E-state index is -0.408. The van der Waals surface area contributed by atoms with Gasteiger partial charge in [0, 0.05) is 29.7 Å². The fourth-order valence-electron chi connectivity index (χ4n) is 10.9. The van der Waals surface area contributed by atoms with Crippen molar-refractivity contribution >= 4 is 11.4 Å². The summed E-state index contributed by atoms with van der Waals surface area (Å²) in [5.74, 6) is 5.07. The molecule has 4 aromatic carbocycles. The molecule has 0 spiro atoms. The van der Waals surface area contributed by atoms with E-state index in [1.165, 1.54) is 202 Å². The lowest BCUT2D eigenvalue weighted by atomic mass is 9.62. The van der Waals surface area contributed by atoms with Crippen LogP contribution >= 0.6 is 0 Å². The molecule has 0 saturated heterocycles. The smallest absolute Gasteiger partial charge is 0.269 e. The van der Waals surface area contributed by atoms with Crippen molar-refractivity contribution in [1.82, 2.24) is 0 Å². The van der Waals surface area contributed by atoms with Gasteiger partial charge in [0.1, 0.15) is 23.0 Å². The van der Waals surface area contributed by atoms with Crippen LogP contribution in [0.25, 0.3) is 0 Å². The van der Waals surface area contributed by atoms with Gasteiger partial charge < -0.3 is 9.47 Å². The van der Waals surface area contributed by atoms with Gasteiger partial charge in [-0.1, -0.05) is 185 Å². The van der Waals surface area contributed by atoms with Crippen LogP contribution in [-0.2, 0) is 5.41 Å². The van der Waals surface area contributed by atoms with Gasteiger partial charge in [-0.3, -0.25) is 20.2 Å². The second-order valence-corrected chi connectivity index (χ2v) is 19.7. The molecule has 352 valence electrons. The lowest BCUT2D eigenvalue weighted by Gasteiger charge is -2.42. The summed E-state index contributed by atoms with van der Waals surface area (Å²) in [5, 5.41) is 22.2. The molecule has 4 aromatic rings. The molecule has 2 aliphatic carbocycles. The largest absolute Gasteiger partial charge is 0.457 e. The van der Waals surface area contributed by atoms with Crippen LogP contribution < -0.4 is 9.47 Å². The van der Waals surface area contributed by atoms with Crippen LogP contribution in [0.5, 0.6) is 23.0 Å². The molecule has 6 rings (SSSR count). The summed E-state index contributed by atoms with van der Waals surface area (Å²) < 4.78 is 12.2. The van der Waals surface area contributed by atoms with E-state index in [2.05, 4.69) is 31.2 Å². The molecular weight excluding hydrogens is 809 g/mol. The Hall–Kier alpha value is -4.72. The first kappa shape index (κ1) is 49.7. The molecule has 65 heavy (non-hydrogen) atoms. The molecule has 0 N–H and O–H groups in total. The van der Waals surface area contributed by atoms with E-state index in [0.29, 0.717) is 23.0 Å². The summed E-state index contributed by atoms with van der Waals surface area (Å²) in [6.45, 7) is 2.30. The van der Waals surface area contributed by atoms with E-state index in [4.69, 9.17) is 9.47 Å². The zero-order chi connectivity index (χ0) is 45.5. The number of rotatable bonds is 29. The number of nitrogens with zero attached hydrogens (tertiary/aromatic N) is 2. The summed E-state index contributed by atoms with van der Waals surface area (Å²) in [4.78, 5) is 21.4. The van der Waals surface area contributed by atoms with E-state index in [1.807, 2.05) is 24.3 Å². The van der Waals surface area contributed by atoms with E-state index in [9.17, 15) is 20.2 Å². The van der Waals surface area contributed by atoms with Crippen molar-refractivity contribution in [2.45, 2.75) is 192 Å². The molecule has 8 heteroatoms. The Balaban J connectivity index is 0.910. The monoisotopic (exact) mass is 887 g/mol. The van der Waals surface area contributed by atoms with Gasteiger partial charge in [-0.2, -0.15) is 0 Å². The normalized spacial score (nSPS) is 17.4. The Labute approximate surface area is 390 Å². The highest BCUT2D eigenvalue weighted by Crippen LogP contribution is 2.49. The number of non-ortho nitro benzene ring substituents is 2. The van der Waals surface area contributed by atoms with Crippen molar-refractivity contribution < 1.29 is 19.3 Å². The fraction of sp³-hybridized carbons (Fsp3) is 0.579. The van der Waals surface area contributed by atoms with Crippen molar-refractivity contribution in [2.24, 2.45) is 17.8 Å². The fourth-order valence-corrected chi connectivity index (χ4v) is 10.9. The van der Waals surface area contributed by atoms with Gasteiger partial charge in [0.05, 0.1) is 9.85 Å². The van der Waals surface area contributed by atoms with Crippen LogP contribution in [0.4, 0.5) is 11.4 Å². The zero-order valence-corrected chi connectivity index (χ0v) is 39.6. The highest BCUT2D eigenvalue weighted by Gasteiger charge is 2.38. The third-order valence-electron chi connectivity index (χ3n) is 15.0. The predicted molar refractivity (Wildman–Crippen MR) is 265 cm³/mol. The molecule has 2 aliphatic rings. The summed E-state index contributed by atoms with van der Waals surface area (Å²) in [6.07, 6.45) is 38.8. The number of nitro benzene ring substituents is 2. The molecule has 0 aliphatic heterocycles. The molecule has 0 heterocycles. The van der Waals surface area contributed by atoms with E-state index >= 15 is 0 Å². The quantitative estimate of drug-likeness (QED) is 0.0305. The summed E-state index contributed by atoms with van der Waals surface area (Å²) >= 11 is 0. The maximum absolute atomic E-state index is 11.1. The SMILES string of the molecule is CCCCCCCCCCCCCCCCCCCC1CCC(CCC2CCC(c3ccc(Oc4ccc([N+](=O)[O-])cc4)cc3)(c3ccc(Oc4ccc([N+](=O)[O-])cc4)cc3)CC2)CC1. The van der Waals surface area contributed by atoms with Gasteiger partial charge in [-0.25, -0.2) is 0 Å². The molecule has 2 fully saturated rings. The number of ether oxygens (including phenoxy) is 2. The minimum Gasteiger partial charge on any atom is -0.457 e. The van der Waals surface area contributed by atoms with Gasteiger partial charge in [0.15, 0.2) is 0 Å². The summed E-state index contributed by atoms with van der Waals surface area (Å²) in [5.41, 5.74) is 2.43. The molecular formula is C57H78N2O6. The van der Waals surface area contributed by atoms with E-state index in [0.717, 1.165) is 30.6 Å². The minimum absolute atomic E-state index is 0.0350. The maximum Gasteiger partial charge on any atom is 0.269 e. The van der Waals surface area contributed by atoms with Gasteiger partial charge in [-0.05, 0) is 103 Å². The van der Waals surface area contributed by atoms with E-state index < -0.39 is 9.85 Å². The van der Waals surface area contributed by atoms with Crippen molar-refractivity contribution in [3.8, 4) is 23.0 Å². The number of nitro groups is 2. The second kappa shape index (κ2) is 27.0. The zero-order valence-electron chi connectivity index (χ0n) is 39.6. The van der Waals surface area contributed by atoms with Crippen LogP contribution in [-0.4, -0.2) is 9.85 Å². The summed E-state index contributed by atoms with van der Waals surface area (Å²) in [7, 11) is 0. The third-order valence-corrected chi connectivity index (χ3v) is 15.0. The number of hydrogen-bond donors (Lipinski definition) is 0. The van der Waals surface area contributed by atoms with Crippen molar-refractivity contribution in [3.05, 3.63) is 128 Å². The van der Waals surface area contributed by atoms with Crippen LogP contribution in [0.2, 0.25) is 0 Å². The lowest BCUT2D eigenvalue weighted by Crippen LogP contribution is -2.33. The molecule has 0 amide bonds. The molecule has 0 aromatic heterocycles. The van der Waals surface area contributed by atoms with Crippen molar-refractivity contribution in [1.29, 1.82) is 0 Å². The molecule has 2 saturated carbocycles. The number of hydrogen-bond acceptors (Lipinski definition) is 6. The third kappa shape index (κ3) is 16.3. The molecule has 0 unspecified atom stereocenters. The Bertz CT molecular complexity index is 1840. The Morgan fingerprint density at radius 3 is 1.05 bits per heavy atom. The molecule has 0 atom stereocenters. The molecule has 8 nitrogen and oxygen atoms in total. The summed E-state index contributed by atoms with van der Waals surface area (Å²) in [6, 6.07) is 29.1. The number of benzene rings is 4. The van der Waals surface area contributed by atoms with E-state index in [-0.39, 0.29) is 16.8 Å². The van der Waals surface area contributed by atoms with Crippen molar-refractivity contribution in [2.75, 3.05) is 0 Å². The highest BCUT2D eigenvalue weighted by atomic mass is 16.6. The maximum atomic E-state index is 11.1. The standard InChI is InChI=1S/C57H78N2O6/c1-2-3-4-5-6-7-8-9-10-11-12-13-14-15-16-17-18-19-46-20-22-47(23-21-46)24-25-48-42-44-57(45-43-48,49-26-34-53(35-27-49)64-55-38-30-51(31-39-55)58(60)61)50-28-36-54(37-29-50)65-56-40-32-52(33-41-56)59(62)63/h26-41,46-48H,2-25,42-45H2,1H3. The average Bonchev–Trinajstić information content (AvgIpc) is 3.33. The van der Waals surface area contributed by atoms with Crippen LogP contribution in [0.3, 0.4) is 0 Å². The van der Waals surface area contributed by atoms with Crippen LogP contribution in [0, 0.1) is 38.0 Å². The van der Waals surface area contributed by atoms with Gasteiger partial charge in [0.2, 0.25) is 0 Å². The average molecular weight is 887 g/mol. The van der Waals surface area contributed by atoms with Crippen LogP contribution in [0.1, 0.15) is 198 Å². The molecule has 0 bridgehead atoms. The first-order valence-electron chi connectivity index (χ1n) is 25.9. The van der Waals surface area contributed by atoms with Crippen LogP contribution in [0.15, 0.2) is 97.1 Å². The van der Waals surface area contributed by atoms with Gasteiger partial charge in [0.25, 0.3) is 11.4 Å². The number of unbranched alkanes of at least 4 members (excludes halogenated alkanes) is 16.